The first-order valence-corrected chi connectivity index (χ1v) is 7.91. The number of fused-ring (bicyclic) bond motifs is 1. The van der Waals surface area contributed by atoms with Gasteiger partial charge >= 0.3 is 0 Å². The van der Waals surface area contributed by atoms with E-state index in [4.69, 9.17) is 4.74 Å². The van der Waals surface area contributed by atoms with E-state index in [0.29, 0.717) is 30.5 Å². The van der Waals surface area contributed by atoms with Crippen molar-refractivity contribution in [3.05, 3.63) is 54.0 Å². The van der Waals surface area contributed by atoms with Crippen molar-refractivity contribution in [1.29, 1.82) is 0 Å². The molecule has 7 heteroatoms. The van der Waals surface area contributed by atoms with Crippen molar-refractivity contribution >= 4 is 28.4 Å². The molecule has 0 bridgehead atoms. The molecule has 25 heavy (non-hydrogen) atoms. The molecule has 0 atom stereocenters. The van der Waals surface area contributed by atoms with Gasteiger partial charge in [0.2, 0.25) is 5.95 Å². The lowest BCUT2D eigenvalue weighted by atomic mass is 10.2. The Hall–Kier alpha value is -3.06. The van der Waals surface area contributed by atoms with E-state index in [9.17, 15) is 4.79 Å². The van der Waals surface area contributed by atoms with Crippen LogP contribution in [0.4, 0.5) is 11.6 Å². The number of nitrogens with one attached hydrogen (secondary N) is 2. The number of aryl methyl sites for hydroxylation is 1. The molecule has 2 N–H and O–H groups in total. The van der Waals surface area contributed by atoms with Gasteiger partial charge in [0, 0.05) is 30.9 Å². The summed E-state index contributed by atoms with van der Waals surface area (Å²) in [5.41, 5.74) is 2.61. The van der Waals surface area contributed by atoms with Crippen molar-refractivity contribution in [1.82, 2.24) is 20.3 Å². The van der Waals surface area contributed by atoms with Crippen LogP contribution in [0.15, 0.2) is 42.6 Å². The summed E-state index contributed by atoms with van der Waals surface area (Å²) in [6.45, 7) is 2.69. The quantitative estimate of drug-likeness (QED) is 0.672. The molecular formula is C18H19N5O2. The largest absolute Gasteiger partial charge is 0.383 e. The van der Waals surface area contributed by atoms with Crippen LogP contribution in [0.1, 0.15) is 16.2 Å². The molecule has 0 saturated carbocycles. The number of ether oxygens (including phenoxy) is 1. The highest BCUT2D eigenvalue weighted by Gasteiger charge is 2.11. The number of hydrogen-bond acceptors (Lipinski definition) is 6. The Morgan fingerprint density at radius 1 is 1.20 bits per heavy atom. The molecule has 3 rings (SSSR count). The Morgan fingerprint density at radius 3 is 2.88 bits per heavy atom. The van der Waals surface area contributed by atoms with E-state index in [0.717, 1.165) is 16.6 Å². The van der Waals surface area contributed by atoms with E-state index in [1.54, 1.807) is 19.4 Å². The van der Waals surface area contributed by atoms with Gasteiger partial charge in [0.05, 0.1) is 17.8 Å². The summed E-state index contributed by atoms with van der Waals surface area (Å²) in [6, 6.07) is 11.3. The standard InChI is InChI=1S/C18H19N5O2/c1-12-11-15(17(24)20-9-10-25-2)23-18(21-12)22-14-7-3-5-13-6-4-8-19-16(13)14/h3-8,11H,9-10H2,1-2H3,(H,20,24)(H,21,22,23). The average Bonchev–Trinajstić information content (AvgIpc) is 2.62. The lowest BCUT2D eigenvalue weighted by Gasteiger charge is -2.10. The van der Waals surface area contributed by atoms with Crippen molar-refractivity contribution in [2.75, 3.05) is 25.6 Å². The van der Waals surface area contributed by atoms with E-state index in [-0.39, 0.29) is 5.91 Å². The number of carbonyl (C=O) groups excluding carboxylic acids is 1. The fraction of sp³-hybridized carbons (Fsp3) is 0.222. The van der Waals surface area contributed by atoms with Crippen molar-refractivity contribution in [3.8, 4) is 0 Å². The predicted octanol–water partition coefficient (Wildman–Crippen LogP) is 2.45. The Kier molecular flexibility index (Phi) is 5.15. The average molecular weight is 337 g/mol. The number of anilines is 2. The molecule has 7 nitrogen and oxygen atoms in total. The number of aromatic nitrogens is 3. The van der Waals surface area contributed by atoms with Gasteiger partial charge in [-0.15, -0.1) is 0 Å². The minimum absolute atomic E-state index is 0.262. The van der Waals surface area contributed by atoms with Crippen LogP contribution >= 0.6 is 0 Å². The Balaban J connectivity index is 1.86. The molecule has 3 aromatic rings. The molecule has 0 unspecified atom stereocenters. The van der Waals surface area contributed by atoms with Gasteiger partial charge in [0.1, 0.15) is 5.69 Å². The zero-order chi connectivity index (χ0) is 17.6. The van der Waals surface area contributed by atoms with Crippen LogP contribution < -0.4 is 10.6 Å². The maximum absolute atomic E-state index is 12.2. The Bertz CT molecular complexity index is 892. The second kappa shape index (κ2) is 7.67. The van der Waals surface area contributed by atoms with Gasteiger partial charge in [-0.1, -0.05) is 18.2 Å². The lowest BCUT2D eigenvalue weighted by Crippen LogP contribution is -2.28. The third-order valence-corrected chi connectivity index (χ3v) is 3.56. The molecule has 0 aliphatic carbocycles. The van der Waals surface area contributed by atoms with Gasteiger partial charge in [-0.2, -0.15) is 0 Å². The van der Waals surface area contributed by atoms with Gasteiger partial charge in [-0.25, -0.2) is 9.97 Å². The minimum atomic E-state index is -0.262. The molecule has 1 aromatic carbocycles. The monoisotopic (exact) mass is 337 g/mol. The molecule has 1 amide bonds. The fourth-order valence-electron chi connectivity index (χ4n) is 2.42. The van der Waals surface area contributed by atoms with E-state index in [2.05, 4.69) is 25.6 Å². The normalized spacial score (nSPS) is 10.6. The summed E-state index contributed by atoms with van der Waals surface area (Å²) in [5.74, 6) is 0.0942. The Morgan fingerprint density at radius 2 is 2.04 bits per heavy atom. The molecule has 0 aliphatic heterocycles. The summed E-state index contributed by atoms with van der Waals surface area (Å²) in [5, 5.41) is 6.93. The number of rotatable bonds is 6. The van der Waals surface area contributed by atoms with Crippen LogP contribution in [-0.2, 0) is 4.74 Å². The fourth-order valence-corrected chi connectivity index (χ4v) is 2.42. The number of hydrogen-bond donors (Lipinski definition) is 2. The van der Waals surface area contributed by atoms with Crippen molar-refractivity contribution in [2.45, 2.75) is 6.92 Å². The van der Waals surface area contributed by atoms with Crippen LogP contribution in [0.5, 0.6) is 0 Å². The molecule has 0 fully saturated rings. The van der Waals surface area contributed by atoms with Crippen LogP contribution in [0.3, 0.4) is 0 Å². The van der Waals surface area contributed by atoms with Crippen LogP contribution in [-0.4, -0.2) is 41.1 Å². The van der Waals surface area contributed by atoms with Crippen molar-refractivity contribution in [3.63, 3.8) is 0 Å². The maximum atomic E-state index is 12.2. The molecule has 2 heterocycles. The molecule has 0 saturated heterocycles. The number of methoxy groups -OCH3 is 1. The molecule has 128 valence electrons. The lowest BCUT2D eigenvalue weighted by molar-refractivity contribution is 0.0932. The van der Waals surface area contributed by atoms with Crippen molar-refractivity contribution < 1.29 is 9.53 Å². The molecule has 0 aliphatic rings. The first-order valence-electron chi connectivity index (χ1n) is 7.91. The SMILES string of the molecule is COCCNC(=O)c1cc(C)nc(Nc2cccc3cccnc23)n1. The van der Waals surface area contributed by atoms with Crippen LogP contribution in [0, 0.1) is 6.92 Å². The van der Waals surface area contributed by atoms with E-state index in [1.807, 2.05) is 37.3 Å². The predicted molar refractivity (Wildman–Crippen MR) is 96.0 cm³/mol. The number of benzene rings is 1. The first-order chi connectivity index (χ1) is 12.2. The van der Waals surface area contributed by atoms with Crippen LogP contribution in [0.2, 0.25) is 0 Å². The van der Waals surface area contributed by atoms with Gasteiger partial charge in [0.25, 0.3) is 5.91 Å². The van der Waals surface area contributed by atoms with Crippen molar-refractivity contribution in [2.24, 2.45) is 0 Å². The molecule has 2 aromatic heterocycles. The maximum Gasteiger partial charge on any atom is 0.270 e. The number of nitrogens with zero attached hydrogens (tertiary/aromatic N) is 3. The third kappa shape index (κ3) is 4.07. The zero-order valence-electron chi connectivity index (χ0n) is 14.1. The van der Waals surface area contributed by atoms with E-state index < -0.39 is 0 Å². The Labute approximate surface area is 145 Å². The minimum Gasteiger partial charge on any atom is -0.383 e. The second-order valence-corrected chi connectivity index (χ2v) is 5.47. The van der Waals surface area contributed by atoms with Gasteiger partial charge in [-0.3, -0.25) is 9.78 Å². The topological polar surface area (TPSA) is 89.0 Å². The van der Waals surface area contributed by atoms with Gasteiger partial charge < -0.3 is 15.4 Å². The van der Waals surface area contributed by atoms with E-state index in [1.165, 1.54) is 0 Å². The highest BCUT2D eigenvalue weighted by molar-refractivity contribution is 5.93. The first kappa shape index (κ1) is 16.8. The zero-order valence-corrected chi connectivity index (χ0v) is 14.1. The number of amides is 1. The number of para-hydroxylation sites is 1. The molecule has 0 radical (unpaired) electrons. The highest BCUT2D eigenvalue weighted by Crippen LogP contribution is 2.23. The third-order valence-electron chi connectivity index (χ3n) is 3.56. The van der Waals surface area contributed by atoms with Crippen LogP contribution in [0.25, 0.3) is 10.9 Å². The molecule has 0 spiro atoms. The number of pyridine rings is 1. The summed E-state index contributed by atoms with van der Waals surface area (Å²) >= 11 is 0. The highest BCUT2D eigenvalue weighted by atomic mass is 16.5. The summed E-state index contributed by atoms with van der Waals surface area (Å²) in [7, 11) is 1.58. The smallest absolute Gasteiger partial charge is 0.270 e. The summed E-state index contributed by atoms with van der Waals surface area (Å²) < 4.78 is 4.93. The van der Waals surface area contributed by atoms with E-state index >= 15 is 0 Å². The number of carbonyl (C=O) groups is 1. The summed E-state index contributed by atoms with van der Waals surface area (Å²) in [6.07, 6.45) is 1.74. The summed E-state index contributed by atoms with van der Waals surface area (Å²) in [4.78, 5) is 25.3. The molecular weight excluding hydrogens is 318 g/mol. The second-order valence-electron chi connectivity index (χ2n) is 5.47. The van der Waals surface area contributed by atoms with Gasteiger partial charge in [-0.05, 0) is 25.1 Å². The van der Waals surface area contributed by atoms with Gasteiger partial charge in [0.15, 0.2) is 0 Å².